The molecule has 4 heterocycles. The first-order valence-electron chi connectivity index (χ1n) is 10.0. The first kappa shape index (κ1) is 21.2. The van der Waals surface area contributed by atoms with Gasteiger partial charge < -0.3 is 23.2 Å². The van der Waals surface area contributed by atoms with Gasteiger partial charge in [-0.1, -0.05) is 32.4 Å². The molecular weight excluding hydrogens is 410 g/mol. The maximum atomic E-state index is 6.45. The zero-order valence-corrected chi connectivity index (χ0v) is 19.9. The summed E-state index contributed by atoms with van der Waals surface area (Å²) in [6.07, 6.45) is 2.30. The summed E-state index contributed by atoms with van der Waals surface area (Å²) in [5, 5.41) is 1.33. The summed E-state index contributed by atoms with van der Waals surface area (Å²) in [4.78, 5) is 8.47. The molecule has 160 valence electrons. The lowest BCUT2D eigenvalue weighted by Gasteiger charge is -2.37. The van der Waals surface area contributed by atoms with Crippen molar-refractivity contribution >= 4 is 31.0 Å². The fourth-order valence-electron chi connectivity index (χ4n) is 3.67. The van der Waals surface area contributed by atoms with Crippen molar-refractivity contribution < 1.29 is 18.6 Å². The van der Waals surface area contributed by atoms with E-state index in [4.69, 9.17) is 30.2 Å². The molecule has 0 bridgehead atoms. The molecule has 2 aliphatic rings. The van der Waals surface area contributed by atoms with E-state index in [9.17, 15) is 0 Å². The number of halogens is 1. The maximum absolute atomic E-state index is 6.45. The summed E-state index contributed by atoms with van der Waals surface area (Å²) in [7, 11) is -1.91. The average molecular weight is 440 g/mol. The molecule has 0 radical (unpaired) electrons. The fourth-order valence-corrected chi connectivity index (χ4v) is 4.87. The van der Waals surface area contributed by atoms with Crippen LogP contribution in [0.1, 0.15) is 40.8 Å². The minimum absolute atomic E-state index is 0.126. The molecule has 4 rings (SSSR count). The summed E-state index contributed by atoms with van der Waals surface area (Å²) in [6.45, 7) is 15.5. The Labute approximate surface area is 177 Å². The molecule has 7 nitrogen and oxygen atoms in total. The van der Waals surface area contributed by atoms with Crippen molar-refractivity contribution in [1.82, 2.24) is 14.5 Å². The lowest BCUT2D eigenvalue weighted by atomic mass is 10.1. The van der Waals surface area contributed by atoms with Gasteiger partial charge in [-0.2, -0.15) is 0 Å². The quantitative estimate of drug-likeness (QED) is 0.515. The molecule has 4 atom stereocenters. The molecule has 0 aliphatic carbocycles. The molecule has 2 saturated heterocycles. The van der Waals surface area contributed by atoms with E-state index in [2.05, 4.69) is 43.8 Å². The van der Waals surface area contributed by atoms with Crippen LogP contribution in [-0.4, -0.2) is 53.6 Å². The predicted octanol–water partition coefficient (Wildman–Crippen LogP) is 4.52. The smallest absolute Gasteiger partial charge is 0.192 e. The molecule has 0 amide bonds. The van der Waals surface area contributed by atoms with Crippen LogP contribution in [0.2, 0.25) is 23.3 Å². The molecule has 0 N–H and O–H groups in total. The van der Waals surface area contributed by atoms with Gasteiger partial charge in [0.1, 0.15) is 35.4 Å². The standard InChI is InChI=1S/C20H30ClN3O4Si/c1-19(2,3)29(6,7)25-10-13-14-15(28-20(4,5)27-14)18(26-13)24-9-8-12-16(21)22-11-23-17(12)24/h8-9,11,13-15,18H,10H2,1-7H3/t13-,14?,15-,18-/m1/s1. The van der Waals surface area contributed by atoms with E-state index in [-0.39, 0.29) is 29.6 Å². The van der Waals surface area contributed by atoms with E-state index in [0.29, 0.717) is 17.4 Å². The number of hydrogen-bond donors (Lipinski definition) is 0. The Balaban J connectivity index is 1.62. The van der Waals surface area contributed by atoms with Gasteiger partial charge in [0, 0.05) is 6.20 Å². The Morgan fingerprint density at radius 2 is 1.90 bits per heavy atom. The van der Waals surface area contributed by atoms with Crippen LogP contribution in [0.5, 0.6) is 0 Å². The van der Waals surface area contributed by atoms with Crippen molar-refractivity contribution in [2.45, 2.75) is 83.1 Å². The molecule has 0 spiro atoms. The van der Waals surface area contributed by atoms with Crippen LogP contribution in [-0.2, 0) is 18.6 Å². The van der Waals surface area contributed by atoms with Gasteiger partial charge in [0.2, 0.25) is 0 Å². The van der Waals surface area contributed by atoms with Gasteiger partial charge in [0.25, 0.3) is 0 Å². The predicted molar refractivity (Wildman–Crippen MR) is 113 cm³/mol. The second kappa shape index (κ2) is 7.00. The van der Waals surface area contributed by atoms with E-state index < -0.39 is 14.1 Å². The second-order valence-electron chi connectivity index (χ2n) is 9.83. The summed E-state index contributed by atoms with van der Waals surface area (Å²) >= 11 is 6.23. The van der Waals surface area contributed by atoms with Gasteiger partial charge in [-0.05, 0) is 38.0 Å². The Kier molecular flexibility index (Phi) is 5.12. The number of ether oxygens (including phenoxy) is 3. The summed E-state index contributed by atoms with van der Waals surface area (Å²) in [5.74, 6) is -0.678. The molecule has 0 saturated carbocycles. The highest BCUT2D eigenvalue weighted by Crippen LogP contribution is 2.45. The van der Waals surface area contributed by atoms with Gasteiger partial charge in [-0.25, -0.2) is 9.97 Å². The summed E-state index contributed by atoms with van der Waals surface area (Å²) in [5.41, 5.74) is 0.716. The topological polar surface area (TPSA) is 67.6 Å². The van der Waals surface area contributed by atoms with Crippen molar-refractivity contribution in [2.75, 3.05) is 6.61 Å². The van der Waals surface area contributed by atoms with Gasteiger partial charge in [-0.15, -0.1) is 0 Å². The summed E-state index contributed by atoms with van der Waals surface area (Å²) in [6, 6.07) is 1.90. The third-order valence-corrected chi connectivity index (χ3v) is 11.1. The highest BCUT2D eigenvalue weighted by Gasteiger charge is 2.56. The van der Waals surface area contributed by atoms with Crippen LogP contribution in [0.15, 0.2) is 18.6 Å². The van der Waals surface area contributed by atoms with Gasteiger partial charge in [-0.3, -0.25) is 0 Å². The SMILES string of the molecule is CC1(C)OC2[C@@H](O1)[C@H](n1ccc3c(Cl)ncnc31)O[C@@H]2CO[Si](C)(C)C(C)(C)C. The van der Waals surface area contributed by atoms with Crippen LogP contribution in [0.4, 0.5) is 0 Å². The van der Waals surface area contributed by atoms with E-state index in [0.717, 1.165) is 5.39 Å². The molecular formula is C20H30ClN3O4Si. The maximum Gasteiger partial charge on any atom is 0.192 e. The molecule has 9 heteroatoms. The molecule has 2 aliphatic heterocycles. The molecule has 2 aromatic heterocycles. The number of hydrogen-bond acceptors (Lipinski definition) is 6. The van der Waals surface area contributed by atoms with E-state index >= 15 is 0 Å². The van der Waals surface area contributed by atoms with Crippen molar-refractivity contribution in [2.24, 2.45) is 0 Å². The lowest BCUT2D eigenvalue weighted by molar-refractivity contribution is -0.199. The number of nitrogens with zero attached hydrogens (tertiary/aromatic N) is 3. The summed E-state index contributed by atoms with van der Waals surface area (Å²) < 4.78 is 27.3. The fraction of sp³-hybridized carbons (Fsp3) is 0.700. The molecule has 29 heavy (non-hydrogen) atoms. The van der Waals surface area contributed by atoms with E-state index in [1.807, 2.05) is 30.7 Å². The van der Waals surface area contributed by atoms with Gasteiger partial charge in [0.05, 0.1) is 12.0 Å². The molecule has 1 unspecified atom stereocenters. The Hall–Kier alpha value is -1.03. The molecule has 2 fully saturated rings. The largest absolute Gasteiger partial charge is 0.414 e. The molecule has 2 aromatic rings. The number of fused-ring (bicyclic) bond motifs is 2. The first-order valence-corrected chi connectivity index (χ1v) is 13.3. The Morgan fingerprint density at radius 3 is 2.59 bits per heavy atom. The minimum Gasteiger partial charge on any atom is -0.414 e. The van der Waals surface area contributed by atoms with Crippen LogP contribution in [0.3, 0.4) is 0 Å². The van der Waals surface area contributed by atoms with Crippen molar-refractivity contribution in [3.63, 3.8) is 0 Å². The van der Waals surface area contributed by atoms with Gasteiger partial charge >= 0.3 is 0 Å². The third-order valence-electron chi connectivity index (χ3n) is 6.27. The van der Waals surface area contributed by atoms with Crippen molar-refractivity contribution in [1.29, 1.82) is 0 Å². The zero-order valence-electron chi connectivity index (χ0n) is 18.1. The van der Waals surface area contributed by atoms with Crippen LogP contribution < -0.4 is 0 Å². The lowest BCUT2D eigenvalue weighted by Crippen LogP contribution is -2.44. The molecule has 0 aromatic carbocycles. The van der Waals surface area contributed by atoms with Gasteiger partial charge in [0.15, 0.2) is 20.3 Å². The first-order chi connectivity index (χ1) is 13.4. The second-order valence-corrected chi connectivity index (χ2v) is 15.0. The van der Waals surface area contributed by atoms with Crippen LogP contribution >= 0.6 is 11.6 Å². The van der Waals surface area contributed by atoms with Crippen LogP contribution in [0.25, 0.3) is 11.0 Å². The normalized spacial score (nSPS) is 29.5. The van der Waals surface area contributed by atoms with E-state index in [1.54, 1.807) is 0 Å². The number of aromatic nitrogens is 3. The average Bonchev–Trinajstić information content (AvgIpc) is 3.24. The highest BCUT2D eigenvalue weighted by molar-refractivity contribution is 6.74. The van der Waals surface area contributed by atoms with Crippen molar-refractivity contribution in [3.05, 3.63) is 23.7 Å². The Morgan fingerprint density at radius 1 is 1.21 bits per heavy atom. The van der Waals surface area contributed by atoms with Crippen LogP contribution in [0, 0.1) is 0 Å². The number of rotatable bonds is 4. The third kappa shape index (κ3) is 3.75. The van der Waals surface area contributed by atoms with Crippen molar-refractivity contribution in [3.8, 4) is 0 Å². The zero-order chi connectivity index (χ0) is 21.2. The highest BCUT2D eigenvalue weighted by atomic mass is 35.5. The minimum atomic E-state index is -1.91. The monoisotopic (exact) mass is 439 g/mol. The van der Waals surface area contributed by atoms with E-state index in [1.165, 1.54) is 6.33 Å². The Bertz CT molecular complexity index is 911.